The summed E-state index contributed by atoms with van der Waals surface area (Å²) in [6, 6.07) is 14.6. The van der Waals surface area contributed by atoms with E-state index in [0.29, 0.717) is 24.1 Å². The van der Waals surface area contributed by atoms with E-state index in [1.54, 1.807) is 12.1 Å². The number of halogens is 3. The SMILES string of the molecule is O=P(O)(O)CCCNCc1ccc(CCCCCCc2ccccc2)c(C(F)(F)F)c1. The van der Waals surface area contributed by atoms with Crippen LogP contribution in [0.15, 0.2) is 48.5 Å². The molecule has 0 heterocycles. The lowest BCUT2D eigenvalue weighted by Crippen LogP contribution is -2.17. The number of benzene rings is 2. The van der Waals surface area contributed by atoms with Crippen LogP contribution in [0.5, 0.6) is 0 Å². The van der Waals surface area contributed by atoms with Crippen LogP contribution in [0, 0.1) is 0 Å². The first kappa shape index (κ1) is 25.6. The molecule has 0 aliphatic carbocycles. The molecule has 0 bridgehead atoms. The van der Waals surface area contributed by atoms with E-state index in [1.165, 1.54) is 11.6 Å². The van der Waals surface area contributed by atoms with E-state index in [-0.39, 0.29) is 19.1 Å². The van der Waals surface area contributed by atoms with E-state index in [0.717, 1.165) is 32.1 Å². The molecule has 0 aromatic heterocycles. The van der Waals surface area contributed by atoms with E-state index in [1.807, 2.05) is 18.2 Å². The molecular formula is C23H31F3NO3P. The number of nitrogens with one attached hydrogen (secondary N) is 1. The highest BCUT2D eigenvalue weighted by Crippen LogP contribution is 2.35. The topological polar surface area (TPSA) is 69.6 Å². The lowest BCUT2D eigenvalue weighted by molar-refractivity contribution is -0.138. The van der Waals surface area contributed by atoms with Gasteiger partial charge in [-0.2, -0.15) is 13.2 Å². The Labute approximate surface area is 182 Å². The van der Waals surface area contributed by atoms with Crippen molar-refractivity contribution in [3.63, 3.8) is 0 Å². The monoisotopic (exact) mass is 457 g/mol. The molecule has 0 radical (unpaired) electrons. The highest BCUT2D eigenvalue weighted by atomic mass is 31.2. The molecule has 0 unspecified atom stereocenters. The van der Waals surface area contributed by atoms with Crippen molar-refractivity contribution in [3.8, 4) is 0 Å². The second-order valence-electron chi connectivity index (χ2n) is 7.81. The number of hydrogen-bond acceptors (Lipinski definition) is 2. The van der Waals surface area contributed by atoms with Gasteiger partial charge in [0.2, 0.25) is 0 Å². The van der Waals surface area contributed by atoms with Gasteiger partial charge in [-0.3, -0.25) is 4.57 Å². The van der Waals surface area contributed by atoms with Gasteiger partial charge in [0, 0.05) is 6.54 Å². The summed E-state index contributed by atoms with van der Waals surface area (Å²) >= 11 is 0. The highest BCUT2D eigenvalue weighted by Gasteiger charge is 2.33. The summed E-state index contributed by atoms with van der Waals surface area (Å²) in [5, 5.41) is 2.94. The maximum absolute atomic E-state index is 13.5. The Hall–Kier alpha value is -1.66. The fourth-order valence-electron chi connectivity index (χ4n) is 3.50. The molecule has 2 rings (SSSR count). The lowest BCUT2D eigenvalue weighted by atomic mass is 9.97. The normalized spacial score (nSPS) is 12.3. The summed E-state index contributed by atoms with van der Waals surface area (Å²) in [7, 11) is -4.04. The largest absolute Gasteiger partial charge is 0.416 e. The number of hydrogen-bond donors (Lipinski definition) is 3. The Morgan fingerprint density at radius 1 is 0.839 bits per heavy atom. The Kier molecular flexibility index (Phi) is 10.2. The second-order valence-corrected chi connectivity index (χ2v) is 9.58. The van der Waals surface area contributed by atoms with E-state index in [9.17, 15) is 17.7 Å². The maximum Gasteiger partial charge on any atom is 0.416 e. The average molecular weight is 457 g/mol. The van der Waals surface area contributed by atoms with Crippen LogP contribution >= 0.6 is 7.60 Å². The fraction of sp³-hybridized carbons (Fsp3) is 0.478. The van der Waals surface area contributed by atoms with Gasteiger partial charge in [-0.25, -0.2) is 0 Å². The molecule has 0 fully saturated rings. The van der Waals surface area contributed by atoms with Gasteiger partial charge in [0.15, 0.2) is 0 Å². The molecule has 172 valence electrons. The molecule has 0 amide bonds. The van der Waals surface area contributed by atoms with Crippen molar-refractivity contribution in [1.29, 1.82) is 0 Å². The standard InChI is InChI=1S/C23H31F3NO3P/c24-23(25,26)22-17-20(18-27-15-8-16-31(28,29)30)13-14-21(22)12-7-2-1-4-9-19-10-5-3-6-11-19/h3,5-6,10-11,13-14,17,27H,1-2,4,7-9,12,15-16,18H2,(H2,28,29,30). The van der Waals surface area contributed by atoms with Crippen molar-refractivity contribution in [2.24, 2.45) is 0 Å². The third kappa shape index (κ3) is 10.5. The van der Waals surface area contributed by atoms with Crippen LogP contribution in [-0.4, -0.2) is 22.5 Å². The van der Waals surface area contributed by atoms with E-state index < -0.39 is 19.3 Å². The summed E-state index contributed by atoms with van der Waals surface area (Å²) < 4.78 is 51.3. The molecule has 4 nitrogen and oxygen atoms in total. The first-order valence-electron chi connectivity index (χ1n) is 10.6. The zero-order valence-electron chi connectivity index (χ0n) is 17.6. The van der Waals surface area contributed by atoms with Gasteiger partial charge in [-0.1, -0.05) is 55.3 Å². The smallest absolute Gasteiger partial charge is 0.324 e. The molecule has 3 N–H and O–H groups in total. The van der Waals surface area contributed by atoms with Crippen molar-refractivity contribution in [2.45, 2.75) is 57.7 Å². The average Bonchev–Trinajstić information content (AvgIpc) is 2.70. The molecule has 0 saturated heterocycles. The first-order valence-corrected chi connectivity index (χ1v) is 12.4. The molecule has 8 heteroatoms. The predicted molar refractivity (Wildman–Crippen MR) is 117 cm³/mol. The van der Waals surface area contributed by atoms with Crippen LogP contribution in [-0.2, 0) is 30.1 Å². The van der Waals surface area contributed by atoms with Gasteiger partial charge >= 0.3 is 13.8 Å². The lowest BCUT2D eigenvalue weighted by Gasteiger charge is -2.15. The summed E-state index contributed by atoms with van der Waals surface area (Å²) in [5.41, 5.74) is 1.52. The molecule has 0 aliphatic rings. The molecule has 0 saturated carbocycles. The molecule has 31 heavy (non-hydrogen) atoms. The number of alkyl halides is 3. The maximum atomic E-state index is 13.5. The van der Waals surface area contributed by atoms with Gasteiger partial charge < -0.3 is 15.1 Å². The molecule has 2 aromatic carbocycles. The molecule has 2 aromatic rings. The van der Waals surface area contributed by atoms with E-state index >= 15 is 0 Å². The third-order valence-electron chi connectivity index (χ3n) is 5.12. The van der Waals surface area contributed by atoms with Crippen LogP contribution in [0.4, 0.5) is 13.2 Å². The Balaban J connectivity index is 1.79. The van der Waals surface area contributed by atoms with Crippen LogP contribution in [0.1, 0.15) is 54.4 Å². The Bertz CT molecular complexity index is 838. The van der Waals surface area contributed by atoms with Crippen molar-refractivity contribution >= 4 is 7.60 Å². The van der Waals surface area contributed by atoms with Gasteiger partial charge in [0.25, 0.3) is 0 Å². The number of rotatable bonds is 13. The molecule has 0 aliphatic heterocycles. The minimum absolute atomic E-state index is 0.226. The third-order valence-corrected chi connectivity index (χ3v) is 6.01. The molecular weight excluding hydrogens is 426 g/mol. The van der Waals surface area contributed by atoms with Gasteiger partial charge in [-0.05, 0) is 61.4 Å². The highest BCUT2D eigenvalue weighted by molar-refractivity contribution is 7.51. The van der Waals surface area contributed by atoms with Gasteiger partial charge in [-0.15, -0.1) is 0 Å². The van der Waals surface area contributed by atoms with Crippen molar-refractivity contribution < 1.29 is 27.5 Å². The summed E-state index contributed by atoms with van der Waals surface area (Å²) in [6.45, 7) is 0.557. The first-order chi connectivity index (χ1) is 14.6. The fourth-order valence-corrected chi connectivity index (χ4v) is 4.07. The van der Waals surface area contributed by atoms with Crippen molar-refractivity contribution in [2.75, 3.05) is 12.7 Å². The van der Waals surface area contributed by atoms with E-state index in [4.69, 9.17) is 9.79 Å². The minimum Gasteiger partial charge on any atom is -0.324 e. The number of unbranched alkanes of at least 4 members (excludes halogenated alkanes) is 3. The van der Waals surface area contributed by atoms with Crippen LogP contribution in [0.2, 0.25) is 0 Å². The summed E-state index contributed by atoms with van der Waals surface area (Å²) in [4.78, 5) is 17.6. The van der Waals surface area contributed by atoms with E-state index in [2.05, 4.69) is 17.4 Å². The summed E-state index contributed by atoms with van der Waals surface area (Å²) in [5.74, 6) is 0. The van der Waals surface area contributed by atoms with Crippen molar-refractivity contribution in [1.82, 2.24) is 5.32 Å². The summed E-state index contributed by atoms with van der Waals surface area (Å²) in [6.07, 6.45) is 0.650. The zero-order chi connectivity index (χ0) is 22.7. The Morgan fingerprint density at radius 3 is 2.16 bits per heavy atom. The molecule has 0 spiro atoms. The van der Waals surface area contributed by atoms with Crippen LogP contribution in [0.25, 0.3) is 0 Å². The van der Waals surface area contributed by atoms with Crippen LogP contribution in [0.3, 0.4) is 0 Å². The predicted octanol–water partition coefficient (Wildman–Crippen LogP) is 5.71. The van der Waals surface area contributed by atoms with Crippen molar-refractivity contribution in [3.05, 3.63) is 70.8 Å². The van der Waals surface area contributed by atoms with Crippen LogP contribution < -0.4 is 5.32 Å². The van der Waals surface area contributed by atoms with Gasteiger partial charge in [0.05, 0.1) is 11.7 Å². The minimum atomic E-state index is -4.40. The Morgan fingerprint density at radius 2 is 1.52 bits per heavy atom. The zero-order valence-corrected chi connectivity index (χ0v) is 18.5. The number of aryl methyl sites for hydroxylation is 2. The van der Waals surface area contributed by atoms with Gasteiger partial charge in [0.1, 0.15) is 0 Å². The quantitative estimate of drug-likeness (QED) is 0.266. The molecule has 0 atom stereocenters. The second kappa shape index (κ2) is 12.4.